The Kier molecular flexibility index (Phi) is 6.57. The van der Waals surface area contributed by atoms with Gasteiger partial charge >= 0.3 is 0 Å². The molecule has 0 saturated heterocycles. The summed E-state index contributed by atoms with van der Waals surface area (Å²) in [5.41, 5.74) is 1.73. The van der Waals surface area contributed by atoms with Crippen molar-refractivity contribution < 1.29 is 9.53 Å². The van der Waals surface area contributed by atoms with Crippen LogP contribution in [0.2, 0.25) is 0 Å². The van der Waals surface area contributed by atoms with Gasteiger partial charge in [-0.15, -0.1) is 11.8 Å². The van der Waals surface area contributed by atoms with Crippen molar-refractivity contribution >= 4 is 39.7 Å². The Labute approximate surface area is 193 Å². The average Bonchev–Trinajstić information content (AvgIpc) is 3.24. The van der Waals surface area contributed by atoms with Crippen LogP contribution in [0, 0.1) is 0 Å². The third-order valence-corrected chi connectivity index (χ3v) is 6.99. The fourth-order valence-corrected chi connectivity index (χ4v) is 4.79. The molecule has 0 radical (unpaired) electrons. The van der Waals surface area contributed by atoms with E-state index in [0.717, 1.165) is 9.90 Å². The molecule has 0 fully saturated rings. The lowest BCUT2D eigenvalue weighted by atomic mass is 10.2. The molecule has 0 saturated carbocycles. The summed E-state index contributed by atoms with van der Waals surface area (Å²) >= 11 is 2.95. The SMILES string of the molecule is COc1ccc(C(=O)Nc2ccccc2SCc2cc(=O)n3nc(C(C)C)sc3n2)cc1. The summed E-state index contributed by atoms with van der Waals surface area (Å²) in [5, 5.41) is 8.20. The zero-order valence-corrected chi connectivity index (χ0v) is 19.5. The summed E-state index contributed by atoms with van der Waals surface area (Å²) in [4.78, 5) is 31.2. The van der Waals surface area contributed by atoms with Gasteiger partial charge in [-0.05, 0) is 36.4 Å². The number of nitrogens with zero attached hydrogens (tertiary/aromatic N) is 3. The highest BCUT2D eigenvalue weighted by molar-refractivity contribution is 7.98. The van der Waals surface area contributed by atoms with Crippen molar-refractivity contribution in [1.82, 2.24) is 14.6 Å². The molecule has 0 aliphatic heterocycles. The van der Waals surface area contributed by atoms with Crippen LogP contribution in [0.1, 0.15) is 40.8 Å². The van der Waals surface area contributed by atoms with Crippen LogP contribution in [0.4, 0.5) is 5.69 Å². The van der Waals surface area contributed by atoms with Crippen molar-refractivity contribution in [3.63, 3.8) is 0 Å². The Morgan fingerprint density at radius 1 is 1.19 bits per heavy atom. The van der Waals surface area contributed by atoms with Crippen molar-refractivity contribution in [3.05, 3.63) is 81.2 Å². The number of fused-ring (bicyclic) bond motifs is 1. The number of hydrogen-bond acceptors (Lipinski definition) is 7. The first kappa shape index (κ1) is 22.0. The van der Waals surface area contributed by atoms with E-state index in [9.17, 15) is 9.59 Å². The molecule has 7 nitrogen and oxygen atoms in total. The molecule has 0 aliphatic rings. The second-order valence-electron chi connectivity index (χ2n) is 7.34. The minimum absolute atomic E-state index is 0.185. The number of methoxy groups -OCH3 is 1. The highest BCUT2D eigenvalue weighted by Gasteiger charge is 2.13. The highest BCUT2D eigenvalue weighted by Crippen LogP contribution is 2.30. The minimum Gasteiger partial charge on any atom is -0.497 e. The first-order chi connectivity index (χ1) is 15.4. The van der Waals surface area contributed by atoms with Gasteiger partial charge in [-0.1, -0.05) is 37.3 Å². The van der Waals surface area contributed by atoms with Gasteiger partial charge in [-0.3, -0.25) is 9.59 Å². The van der Waals surface area contributed by atoms with E-state index < -0.39 is 0 Å². The maximum Gasteiger partial charge on any atom is 0.275 e. The van der Waals surface area contributed by atoms with E-state index in [4.69, 9.17) is 4.74 Å². The Balaban J connectivity index is 1.50. The predicted octanol–water partition coefficient (Wildman–Crippen LogP) is 4.83. The van der Waals surface area contributed by atoms with Crippen molar-refractivity contribution in [2.24, 2.45) is 0 Å². The summed E-state index contributed by atoms with van der Waals surface area (Å²) in [5.74, 6) is 1.22. The molecule has 0 bridgehead atoms. The quantitative estimate of drug-likeness (QED) is 0.393. The van der Waals surface area contributed by atoms with E-state index in [2.05, 4.69) is 15.4 Å². The third kappa shape index (κ3) is 4.84. The number of benzene rings is 2. The molecule has 32 heavy (non-hydrogen) atoms. The molecule has 0 atom stereocenters. The van der Waals surface area contributed by atoms with E-state index in [1.54, 1.807) is 31.4 Å². The van der Waals surface area contributed by atoms with Crippen LogP contribution < -0.4 is 15.6 Å². The molecule has 4 aromatic rings. The van der Waals surface area contributed by atoms with E-state index in [1.807, 2.05) is 38.1 Å². The summed E-state index contributed by atoms with van der Waals surface area (Å²) in [6.45, 7) is 4.08. The second-order valence-corrected chi connectivity index (χ2v) is 9.35. The van der Waals surface area contributed by atoms with Gasteiger partial charge in [-0.25, -0.2) is 4.98 Å². The standard InChI is InChI=1S/C23H22N4O3S2/c1-14(2)22-26-27-20(28)12-16(24-23(27)32-22)13-31-19-7-5-4-6-18(19)25-21(29)15-8-10-17(30-3)11-9-15/h4-12,14H,13H2,1-3H3,(H,25,29). The van der Waals surface area contributed by atoms with Gasteiger partial charge in [0.1, 0.15) is 10.8 Å². The van der Waals surface area contributed by atoms with Crippen molar-refractivity contribution in [2.45, 2.75) is 30.4 Å². The number of nitrogens with one attached hydrogen (secondary N) is 1. The van der Waals surface area contributed by atoms with Gasteiger partial charge in [0.25, 0.3) is 11.5 Å². The number of ether oxygens (including phenoxy) is 1. The zero-order chi connectivity index (χ0) is 22.7. The van der Waals surface area contributed by atoms with Crippen molar-refractivity contribution in [3.8, 4) is 5.75 Å². The van der Waals surface area contributed by atoms with Crippen LogP contribution >= 0.6 is 23.1 Å². The monoisotopic (exact) mass is 466 g/mol. The summed E-state index contributed by atoms with van der Waals surface area (Å²) in [6.07, 6.45) is 0. The molecule has 0 spiro atoms. The average molecular weight is 467 g/mol. The summed E-state index contributed by atoms with van der Waals surface area (Å²) in [6, 6.07) is 16.0. The summed E-state index contributed by atoms with van der Waals surface area (Å²) < 4.78 is 6.50. The lowest BCUT2D eigenvalue weighted by Crippen LogP contribution is -2.15. The molecule has 2 heterocycles. The van der Waals surface area contributed by atoms with E-state index in [-0.39, 0.29) is 17.4 Å². The molecule has 1 N–H and O–H groups in total. The third-order valence-electron chi connectivity index (χ3n) is 4.67. The zero-order valence-electron chi connectivity index (χ0n) is 17.9. The van der Waals surface area contributed by atoms with Crippen LogP contribution in [0.3, 0.4) is 0 Å². The van der Waals surface area contributed by atoms with Crippen LogP contribution in [0.5, 0.6) is 5.75 Å². The number of aromatic nitrogens is 3. The molecular formula is C23H22N4O3S2. The van der Waals surface area contributed by atoms with Gasteiger partial charge < -0.3 is 10.1 Å². The Hall–Kier alpha value is -3.17. The van der Waals surface area contributed by atoms with E-state index >= 15 is 0 Å². The van der Waals surface area contributed by atoms with Gasteiger partial charge in [0, 0.05) is 28.2 Å². The molecule has 164 valence electrons. The Morgan fingerprint density at radius 2 is 1.94 bits per heavy atom. The fourth-order valence-electron chi connectivity index (χ4n) is 2.96. The van der Waals surface area contributed by atoms with Gasteiger partial charge in [0.05, 0.1) is 18.5 Å². The molecule has 1 amide bonds. The number of carbonyl (C=O) groups is 1. The number of hydrogen-bond donors (Lipinski definition) is 1. The normalized spacial score (nSPS) is 11.1. The van der Waals surface area contributed by atoms with Crippen molar-refractivity contribution in [2.75, 3.05) is 12.4 Å². The lowest BCUT2D eigenvalue weighted by molar-refractivity contribution is 0.102. The maximum absolute atomic E-state index is 12.7. The Morgan fingerprint density at radius 3 is 2.66 bits per heavy atom. The van der Waals surface area contributed by atoms with Gasteiger partial charge in [-0.2, -0.15) is 9.61 Å². The molecular weight excluding hydrogens is 444 g/mol. The van der Waals surface area contributed by atoms with Crippen molar-refractivity contribution in [1.29, 1.82) is 0 Å². The lowest BCUT2D eigenvalue weighted by Gasteiger charge is -2.11. The summed E-state index contributed by atoms with van der Waals surface area (Å²) in [7, 11) is 1.59. The van der Waals surface area contributed by atoms with Gasteiger partial charge in [0.2, 0.25) is 4.96 Å². The van der Waals surface area contributed by atoms with E-state index in [0.29, 0.717) is 33.4 Å². The van der Waals surface area contributed by atoms with Crippen LogP contribution in [-0.4, -0.2) is 27.6 Å². The highest BCUT2D eigenvalue weighted by atomic mass is 32.2. The van der Waals surface area contributed by atoms with Crippen LogP contribution in [0.15, 0.2) is 64.3 Å². The smallest absolute Gasteiger partial charge is 0.275 e. The number of thioether (sulfide) groups is 1. The first-order valence-electron chi connectivity index (χ1n) is 10.0. The number of rotatable bonds is 7. The molecule has 4 rings (SSSR count). The first-order valence-corrected chi connectivity index (χ1v) is 11.8. The van der Waals surface area contributed by atoms with E-state index in [1.165, 1.54) is 33.7 Å². The Bertz CT molecular complexity index is 1310. The topological polar surface area (TPSA) is 85.6 Å². The minimum atomic E-state index is -0.204. The van der Waals surface area contributed by atoms with Crippen LogP contribution in [-0.2, 0) is 5.75 Å². The number of para-hydroxylation sites is 1. The molecule has 0 aliphatic carbocycles. The van der Waals surface area contributed by atoms with Gasteiger partial charge in [0.15, 0.2) is 0 Å². The molecule has 9 heteroatoms. The number of amides is 1. The van der Waals surface area contributed by atoms with Crippen LogP contribution in [0.25, 0.3) is 4.96 Å². The number of carbonyl (C=O) groups excluding carboxylic acids is 1. The maximum atomic E-state index is 12.7. The molecule has 0 unspecified atom stereocenters. The molecule has 2 aromatic carbocycles. The predicted molar refractivity (Wildman–Crippen MR) is 128 cm³/mol. The molecule has 2 aromatic heterocycles. The largest absolute Gasteiger partial charge is 0.497 e. The second kappa shape index (κ2) is 9.54. The number of anilines is 1. The fraction of sp³-hybridized carbons (Fsp3) is 0.217.